The molecule has 4 heteroatoms. The van der Waals surface area contributed by atoms with E-state index in [1.807, 2.05) is 19.1 Å². The van der Waals surface area contributed by atoms with Gasteiger partial charge in [-0.05, 0) is 37.8 Å². The summed E-state index contributed by atoms with van der Waals surface area (Å²) in [6.07, 6.45) is 3.52. The fraction of sp³-hybridized carbons (Fsp3) is 0.429. The first-order valence-electron chi connectivity index (χ1n) is 6.41. The Morgan fingerprint density at radius 2 is 2.00 bits per heavy atom. The first kappa shape index (κ1) is 11.3. The van der Waals surface area contributed by atoms with Crippen molar-refractivity contribution in [2.45, 2.75) is 26.2 Å². The number of para-hydroxylation sites is 1. The molecule has 2 aromatic rings. The van der Waals surface area contributed by atoms with Crippen LogP contribution in [0.5, 0.6) is 0 Å². The molecule has 0 saturated carbocycles. The molecule has 0 atom stereocenters. The van der Waals surface area contributed by atoms with Gasteiger partial charge in [0.15, 0.2) is 0 Å². The van der Waals surface area contributed by atoms with Gasteiger partial charge in [0, 0.05) is 13.1 Å². The number of hydrogen-bond donors (Lipinski definition) is 0. The molecule has 0 radical (unpaired) electrons. The van der Waals surface area contributed by atoms with Crippen LogP contribution in [0.25, 0.3) is 11.0 Å². The minimum atomic E-state index is -0.194. The summed E-state index contributed by atoms with van der Waals surface area (Å²) in [6.45, 7) is 3.80. The summed E-state index contributed by atoms with van der Waals surface area (Å²) >= 11 is 0. The van der Waals surface area contributed by atoms with Crippen LogP contribution in [0.3, 0.4) is 0 Å². The number of fused-ring (bicyclic) bond motifs is 1. The molecule has 94 valence electrons. The lowest BCUT2D eigenvalue weighted by Crippen LogP contribution is -2.31. The summed E-state index contributed by atoms with van der Waals surface area (Å²) < 4.78 is 5.83. The van der Waals surface area contributed by atoms with Crippen molar-refractivity contribution in [3.63, 3.8) is 0 Å². The Labute approximate surface area is 105 Å². The van der Waals surface area contributed by atoms with Crippen LogP contribution in [0.4, 0.5) is 6.01 Å². The molecule has 1 aliphatic rings. The van der Waals surface area contributed by atoms with Gasteiger partial charge in [0.05, 0.1) is 5.39 Å². The third kappa shape index (κ3) is 1.88. The number of aromatic nitrogens is 1. The molecular weight excluding hydrogens is 228 g/mol. The molecular formula is C14H16N2O2. The van der Waals surface area contributed by atoms with Crippen LogP contribution in [-0.4, -0.2) is 18.1 Å². The summed E-state index contributed by atoms with van der Waals surface area (Å²) in [4.78, 5) is 18.1. The third-order valence-corrected chi connectivity index (χ3v) is 3.46. The first-order chi connectivity index (χ1) is 8.75. The van der Waals surface area contributed by atoms with E-state index in [0.717, 1.165) is 31.5 Å². The lowest BCUT2D eigenvalue weighted by molar-refractivity contribution is 0.496. The van der Waals surface area contributed by atoms with Crippen LogP contribution < -0.4 is 10.5 Å². The maximum absolute atomic E-state index is 12.0. The summed E-state index contributed by atoms with van der Waals surface area (Å²) in [6, 6.07) is 6.05. The summed E-state index contributed by atoms with van der Waals surface area (Å²) in [5.41, 5.74) is 1.45. The van der Waals surface area contributed by atoms with E-state index in [2.05, 4.69) is 9.88 Å². The minimum absolute atomic E-state index is 0.194. The van der Waals surface area contributed by atoms with Crippen molar-refractivity contribution in [3.05, 3.63) is 34.1 Å². The van der Waals surface area contributed by atoms with Crippen molar-refractivity contribution >= 4 is 17.0 Å². The highest BCUT2D eigenvalue weighted by Crippen LogP contribution is 2.22. The molecule has 0 unspecified atom stereocenters. The predicted molar refractivity (Wildman–Crippen MR) is 71.1 cm³/mol. The quantitative estimate of drug-likeness (QED) is 0.773. The van der Waals surface area contributed by atoms with Crippen LogP contribution in [0.15, 0.2) is 27.4 Å². The minimum Gasteiger partial charge on any atom is -0.425 e. The van der Waals surface area contributed by atoms with Gasteiger partial charge in [-0.25, -0.2) is 0 Å². The monoisotopic (exact) mass is 244 g/mol. The molecule has 18 heavy (non-hydrogen) atoms. The van der Waals surface area contributed by atoms with Gasteiger partial charge in [-0.15, -0.1) is 0 Å². The zero-order valence-corrected chi connectivity index (χ0v) is 10.5. The normalized spacial score (nSPS) is 16.2. The lowest BCUT2D eigenvalue weighted by atomic mass is 10.1. The summed E-state index contributed by atoms with van der Waals surface area (Å²) in [5.74, 6) is 0. The van der Waals surface area contributed by atoms with Gasteiger partial charge in [-0.2, -0.15) is 4.98 Å². The second kappa shape index (κ2) is 4.44. The van der Waals surface area contributed by atoms with E-state index in [4.69, 9.17) is 4.42 Å². The highest BCUT2D eigenvalue weighted by atomic mass is 16.4. The molecule has 1 aromatic heterocycles. The molecule has 0 aliphatic carbocycles. The van der Waals surface area contributed by atoms with Gasteiger partial charge < -0.3 is 9.32 Å². The Morgan fingerprint density at radius 3 is 2.78 bits per heavy atom. The van der Waals surface area contributed by atoms with Gasteiger partial charge in [-0.1, -0.05) is 12.1 Å². The zero-order valence-electron chi connectivity index (χ0n) is 10.5. The van der Waals surface area contributed by atoms with Gasteiger partial charge in [0.25, 0.3) is 5.56 Å². The summed E-state index contributed by atoms with van der Waals surface area (Å²) in [5, 5.41) is 0.566. The lowest BCUT2D eigenvalue weighted by Gasteiger charge is -2.25. The SMILES string of the molecule is Cc1cccc2c(=O)nc(N3CCCCC3)oc12. The largest absolute Gasteiger partial charge is 0.425 e. The van der Waals surface area contributed by atoms with Crippen molar-refractivity contribution in [1.29, 1.82) is 0 Å². The van der Waals surface area contributed by atoms with E-state index in [1.165, 1.54) is 6.42 Å². The van der Waals surface area contributed by atoms with E-state index in [1.54, 1.807) is 6.07 Å². The molecule has 1 aliphatic heterocycles. The number of anilines is 1. The molecule has 1 aromatic carbocycles. The van der Waals surface area contributed by atoms with E-state index in [-0.39, 0.29) is 5.56 Å². The van der Waals surface area contributed by atoms with Crippen LogP contribution in [0.1, 0.15) is 24.8 Å². The Kier molecular flexibility index (Phi) is 2.78. The third-order valence-electron chi connectivity index (χ3n) is 3.46. The maximum Gasteiger partial charge on any atom is 0.301 e. The molecule has 0 amide bonds. The van der Waals surface area contributed by atoms with Gasteiger partial charge in [-0.3, -0.25) is 4.79 Å². The molecule has 2 heterocycles. The van der Waals surface area contributed by atoms with Gasteiger partial charge in [0.1, 0.15) is 5.58 Å². The Balaban J connectivity index is 2.14. The average molecular weight is 244 g/mol. The van der Waals surface area contributed by atoms with Crippen LogP contribution >= 0.6 is 0 Å². The van der Waals surface area contributed by atoms with E-state index in [9.17, 15) is 4.79 Å². The molecule has 4 nitrogen and oxygen atoms in total. The van der Waals surface area contributed by atoms with E-state index >= 15 is 0 Å². The van der Waals surface area contributed by atoms with Crippen molar-refractivity contribution in [3.8, 4) is 0 Å². The number of nitrogens with zero attached hydrogens (tertiary/aromatic N) is 2. The number of benzene rings is 1. The van der Waals surface area contributed by atoms with Crippen LogP contribution in [0.2, 0.25) is 0 Å². The highest BCUT2D eigenvalue weighted by Gasteiger charge is 2.16. The maximum atomic E-state index is 12.0. The number of piperidine rings is 1. The van der Waals surface area contributed by atoms with Crippen molar-refractivity contribution in [2.75, 3.05) is 18.0 Å². The van der Waals surface area contributed by atoms with Crippen LogP contribution in [-0.2, 0) is 0 Å². The van der Waals surface area contributed by atoms with Crippen molar-refractivity contribution in [2.24, 2.45) is 0 Å². The fourth-order valence-electron chi connectivity index (χ4n) is 2.44. The van der Waals surface area contributed by atoms with Crippen LogP contribution in [0, 0.1) is 6.92 Å². The Hall–Kier alpha value is -1.84. The van der Waals surface area contributed by atoms with Crippen molar-refractivity contribution in [1.82, 2.24) is 4.98 Å². The zero-order chi connectivity index (χ0) is 12.5. The molecule has 1 saturated heterocycles. The van der Waals surface area contributed by atoms with Gasteiger partial charge in [0.2, 0.25) is 0 Å². The second-order valence-electron chi connectivity index (χ2n) is 4.80. The second-order valence-corrected chi connectivity index (χ2v) is 4.80. The standard InChI is InChI=1S/C14H16N2O2/c1-10-6-5-7-11-12(10)18-14(15-13(11)17)16-8-3-2-4-9-16/h5-7H,2-4,8-9H2,1H3. The number of hydrogen-bond acceptors (Lipinski definition) is 4. The van der Waals surface area contributed by atoms with Crippen molar-refractivity contribution < 1.29 is 4.42 Å². The summed E-state index contributed by atoms with van der Waals surface area (Å²) in [7, 11) is 0. The molecule has 0 spiro atoms. The first-order valence-corrected chi connectivity index (χ1v) is 6.41. The Bertz CT molecular complexity index is 627. The molecule has 3 rings (SSSR count). The molecule has 0 bridgehead atoms. The van der Waals surface area contributed by atoms with E-state index in [0.29, 0.717) is 17.0 Å². The molecule has 1 fully saturated rings. The van der Waals surface area contributed by atoms with E-state index < -0.39 is 0 Å². The predicted octanol–water partition coefficient (Wildman–Crippen LogP) is 2.49. The topological polar surface area (TPSA) is 46.3 Å². The smallest absolute Gasteiger partial charge is 0.301 e. The highest BCUT2D eigenvalue weighted by molar-refractivity contribution is 5.79. The average Bonchev–Trinajstić information content (AvgIpc) is 2.41. The number of rotatable bonds is 1. The fourth-order valence-corrected chi connectivity index (χ4v) is 2.44. The molecule has 0 N–H and O–H groups in total. The Morgan fingerprint density at radius 1 is 1.22 bits per heavy atom. The van der Waals surface area contributed by atoms with Gasteiger partial charge >= 0.3 is 6.01 Å². The number of aryl methyl sites for hydroxylation is 1.